The second-order valence-corrected chi connectivity index (χ2v) is 9.76. The van der Waals surface area contributed by atoms with E-state index in [4.69, 9.17) is 21.1 Å². The van der Waals surface area contributed by atoms with Crippen LogP contribution in [-0.2, 0) is 19.1 Å². The third-order valence-corrected chi connectivity index (χ3v) is 7.41. The van der Waals surface area contributed by atoms with Crippen LogP contribution in [0, 0.1) is 0 Å². The van der Waals surface area contributed by atoms with Gasteiger partial charge in [-0.1, -0.05) is 37.6 Å². The smallest absolute Gasteiger partial charge is 0.340 e. The average molecular weight is 485 g/mol. The molecule has 4 nitrogen and oxygen atoms in total. The Bertz CT molecular complexity index is 801. The minimum atomic E-state index is -1.54. The van der Waals surface area contributed by atoms with Crippen LogP contribution in [0.1, 0.15) is 101 Å². The Morgan fingerprint density at radius 3 is 1.73 bits per heavy atom. The number of alkyl halides is 2. The predicted molar refractivity (Wildman–Crippen MR) is 124 cm³/mol. The Morgan fingerprint density at radius 2 is 1.30 bits per heavy atom. The van der Waals surface area contributed by atoms with Gasteiger partial charge in [-0.25, -0.2) is 18.4 Å². The van der Waals surface area contributed by atoms with Gasteiger partial charge in [-0.2, -0.15) is 0 Å². The van der Waals surface area contributed by atoms with E-state index in [9.17, 15) is 18.4 Å². The van der Waals surface area contributed by atoms with E-state index in [-0.39, 0.29) is 25.0 Å². The molecule has 2 fully saturated rings. The van der Waals surface area contributed by atoms with Gasteiger partial charge in [0.1, 0.15) is 12.2 Å². The van der Waals surface area contributed by atoms with Gasteiger partial charge in [0.05, 0.1) is 0 Å². The van der Waals surface area contributed by atoms with Gasteiger partial charge in [-0.15, -0.1) is 0 Å². The maximum Gasteiger partial charge on any atom is 0.340 e. The molecule has 2 atom stereocenters. The molecule has 1 aromatic carbocycles. The zero-order valence-electron chi connectivity index (χ0n) is 19.5. The molecule has 0 spiro atoms. The van der Waals surface area contributed by atoms with Crippen LogP contribution >= 0.6 is 11.6 Å². The van der Waals surface area contributed by atoms with Gasteiger partial charge in [0.15, 0.2) is 12.3 Å². The fraction of sp³-hybridized carbons (Fsp3) is 0.692. The molecule has 0 aliphatic heterocycles. The van der Waals surface area contributed by atoms with E-state index in [0.717, 1.165) is 49.1 Å². The van der Waals surface area contributed by atoms with Gasteiger partial charge in [0.2, 0.25) is 0 Å². The van der Waals surface area contributed by atoms with E-state index in [1.807, 2.05) is 6.07 Å². The first-order chi connectivity index (χ1) is 15.8. The number of carbonyl (C=O) groups excluding carboxylic acids is 2. The number of halogens is 3. The number of hydrogen-bond donors (Lipinski definition) is 0. The quantitative estimate of drug-likeness (QED) is 0.374. The number of carbonyl (C=O) groups is 2. The van der Waals surface area contributed by atoms with Crippen molar-refractivity contribution in [2.75, 3.05) is 0 Å². The summed E-state index contributed by atoms with van der Waals surface area (Å²) in [6, 6.07) is 6.28. The van der Waals surface area contributed by atoms with E-state index in [2.05, 4.69) is 12.1 Å². The maximum atomic E-state index is 13.5. The van der Waals surface area contributed by atoms with E-state index in [1.165, 1.54) is 5.56 Å². The Hall–Kier alpha value is -1.69. The highest BCUT2D eigenvalue weighted by Crippen LogP contribution is 2.40. The molecular weight excluding hydrogens is 450 g/mol. The summed E-state index contributed by atoms with van der Waals surface area (Å²) in [4.78, 5) is 23.4. The lowest BCUT2D eigenvalue weighted by Crippen LogP contribution is -2.28. The average Bonchev–Trinajstić information content (AvgIpc) is 2.83. The molecule has 2 unspecified atom stereocenters. The molecule has 2 aliphatic rings. The molecular formula is C26H35ClF2O4. The summed E-state index contributed by atoms with van der Waals surface area (Å²) in [7, 11) is 0. The van der Waals surface area contributed by atoms with E-state index in [1.54, 1.807) is 13.8 Å². The molecule has 0 heterocycles. The molecule has 0 radical (unpaired) electrons. The van der Waals surface area contributed by atoms with Gasteiger partial charge in [-0.3, -0.25) is 0 Å². The van der Waals surface area contributed by atoms with Crippen molar-refractivity contribution in [3.63, 3.8) is 0 Å². The summed E-state index contributed by atoms with van der Waals surface area (Å²) >= 11 is 6.67. The Labute approximate surface area is 200 Å². The van der Waals surface area contributed by atoms with E-state index < -0.39 is 24.3 Å². The van der Waals surface area contributed by atoms with Crippen LogP contribution in [0.4, 0.5) is 8.78 Å². The van der Waals surface area contributed by atoms with Crippen LogP contribution in [0.15, 0.2) is 18.2 Å². The van der Waals surface area contributed by atoms with Gasteiger partial charge < -0.3 is 9.47 Å². The lowest BCUT2D eigenvalue weighted by molar-refractivity contribution is -0.157. The SMILES string of the molecule is CCC(F)C(=O)OC1CCC(c2ccc(C3CCC(OC(=O)C(F)CC)CC3)c(Cl)c2)CC1. The second-order valence-electron chi connectivity index (χ2n) is 9.35. The van der Waals surface area contributed by atoms with Crippen LogP contribution in [0.5, 0.6) is 0 Å². The standard InChI is InChI=1S/C26H35ClF2O4/c1-3-23(28)25(30)32-19-10-5-16(6-11-19)18-9-14-21(22(27)15-18)17-7-12-20(13-8-17)33-26(31)24(29)4-2/h9,14-17,19-20,23-24H,3-8,10-13H2,1-2H3. The summed E-state index contributed by atoms with van der Waals surface area (Å²) < 4.78 is 37.5. The summed E-state index contributed by atoms with van der Waals surface area (Å²) in [5.74, 6) is -0.840. The molecule has 0 bridgehead atoms. The van der Waals surface area contributed by atoms with Crippen LogP contribution in [0.25, 0.3) is 0 Å². The summed E-state index contributed by atoms with van der Waals surface area (Å²) in [5.41, 5.74) is 2.29. The maximum absolute atomic E-state index is 13.5. The molecule has 0 amide bonds. The fourth-order valence-electron chi connectivity index (χ4n) is 4.94. The number of benzene rings is 1. The summed E-state index contributed by atoms with van der Waals surface area (Å²) in [5, 5.41) is 0.750. The molecule has 0 aromatic heterocycles. The van der Waals surface area contributed by atoms with E-state index >= 15 is 0 Å². The van der Waals surface area contributed by atoms with Crippen molar-refractivity contribution in [1.29, 1.82) is 0 Å². The monoisotopic (exact) mass is 484 g/mol. The third kappa shape index (κ3) is 6.91. The van der Waals surface area contributed by atoms with Crippen LogP contribution in [0.2, 0.25) is 5.02 Å². The Balaban J connectivity index is 1.50. The van der Waals surface area contributed by atoms with Crippen LogP contribution in [0.3, 0.4) is 0 Å². The lowest BCUT2D eigenvalue weighted by Gasteiger charge is -2.31. The largest absolute Gasteiger partial charge is 0.460 e. The molecule has 2 aliphatic carbocycles. The first-order valence-corrected chi connectivity index (χ1v) is 12.7. The van der Waals surface area contributed by atoms with E-state index in [0.29, 0.717) is 24.7 Å². The van der Waals surface area contributed by atoms with Crippen molar-refractivity contribution >= 4 is 23.5 Å². The molecule has 33 heavy (non-hydrogen) atoms. The molecule has 7 heteroatoms. The zero-order chi connectivity index (χ0) is 24.0. The summed E-state index contributed by atoms with van der Waals surface area (Å²) in [6.07, 6.45) is 3.12. The second kappa shape index (κ2) is 12.1. The third-order valence-electron chi connectivity index (χ3n) is 7.08. The van der Waals surface area contributed by atoms with Crippen molar-refractivity contribution in [2.45, 2.75) is 114 Å². The van der Waals surface area contributed by atoms with Crippen LogP contribution in [-0.4, -0.2) is 36.5 Å². The lowest BCUT2D eigenvalue weighted by atomic mass is 9.80. The minimum Gasteiger partial charge on any atom is -0.460 e. The fourth-order valence-corrected chi connectivity index (χ4v) is 5.29. The normalized spacial score (nSPS) is 27.4. The first kappa shape index (κ1) is 25.9. The van der Waals surface area contributed by atoms with Crippen molar-refractivity contribution < 1.29 is 27.8 Å². The number of ether oxygens (including phenoxy) is 2. The minimum absolute atomic E-state index is 0.139. The molecule has 3 rings (SSSR count). The molecule has 0 saturated heterocycles. The zero-order valence-corrected chi connectivity index (χ0v) is 20.3. The van der Waals surface area contributed by atoms with Gasteiger partial charge in [0, 0.05) is 5.02 Å². The van der Waals surface area contributed by atoms with Crippen molar-refractivity contribution in [3.8, 4) is 0 Å². The number of hydrogen-bond acceptors (Lipinski definition) is 4. The van der Waals surface area contributed by atoms with Crippen molar-refractivity contribution in [2.24, 2.45) is 0 Å². The highest BCUT2D eigenvalue weighted by atomic mass is 35.5. The summed E-state index contributed by atoms with van der Waals surface area (Å²) in [6.45, 7) is 3.26. The first-order valence-electron chi connectivity index (χ1n) is 12.3. The number of rotatable bonds is 8. The van der Waals surface area contributed by atoms with Gasteiger partial charge >= 0.3 is 11.9 Å². The van der Waals surface area contributed by atoms with Crippen molar-refractivity contribution in [3.05, 3.63) is 34.3 Å². The van der Waals surface area contributed by atoms with Crippen molar-refractivity contribution in [1.82, 2.24) is 0 Å². The Morgan fingerprint density at radius 1 is 0.848 bits per heavy atom. The molecule has 1 aromatic rings. The molecule has 184 valence electrons. The highest BCUT2D eigenvalue weighted by molar-refractivity contribution is 6.31. The number of esters is 2. The topological polar surface area (TPSA) is 52.6 Å². The molecule has 0 N–H and O–H groups in total. The van der Waals surface area contributed by atoms with Crippen LogP contribution < -0.4 is 0 Å². The molecule has 2 saturated carbocycles. The Kier molecular flexibility index (Phi) is 9.54. The highest BCUT2D eigenvalue weighted by Gasteiger charge is 2.30. The van der Waals surface area contributed by atoms with Gasteiger partial charge in [-0.05, 0) is 93.2 Å². The van der Waals surface area contributed by atoms with Gasteiger partial charge in [0.25, 0.3) is 0 Å². The predicted octanol–water partition coefficient (Wildman–Crippen LogP) is 6.98.